The zero-order valence-electron chi connectivity index (χ0n) is 25.9. The Hall–Kier alpha value is -3.74. The van der Waals surface area contributed by atoms with Crippen LogP contribution >= 0.6 is 11.8 Å². The Morgan fingerprint density at radius 3 is 2.42 bits per heavy atom. The lowest BCUT2D eigenvalue weighted by molar-refractivity contribution is -0.149. The number of rotatable bonds is 11. The molecule has 3 heterocycles. The highest BCUT2D eigenvalue weighted by Gasteiger charge is 2.32. The highest BCUT2D eigenvalue weighted by molar-refractivity contribution is 8.18. The van der Waals surface area contributed by atoms with Gasteiger partial charge in [0.25, 0.3) is 5.91 Å². The third kappa shape index (κ3) is 7.40. The number of amides is 1. The second-order valence-corrected chi connectivity index (χ2v) is 13.9. The normalized spacial score (nSPS) is 16.9. The van der Waals surface area contributed by atoms with Gasteiger partial charge >= 0.3 is 5.97 Å². The van der Waals surface area contributed by atoms with E-state index in [-0.39, 0.29) is 22.7 Å². The monoisotopic (exact) mass is 649 g/mol. The molecule has 0 aliphatic carbocycles. The van der Waals surface area contributed by atoms with E-state index in [2.05, 4.69) is 4.99 Å². The number of sulfonamides is 1. The average Bonchev–Trinajstić information content (AvgIpc) is 3.65. The van der Waals surface area contributed by atoms with Gasteiger partial charge in [-0.25, -0.2) is 13.1 Å². The largest absolute Gasteiger partial charge is 0.466 e. The fourth-order valence-corrected chi connectivity index (χ4v) is 8.10. The van der Waals surface area contributed by atoms with Crippen molar-refractivity contribution in [1.29, 1.82) is 0 Å². The highest BCUT2D eigenvalue weighted by atomic mass is 32.2. The van der Waals surface area contributed by atoms with Gasteiger partial charge in [0.1, 0.15) is 5.69 Å². The predicted octanol–water partition coefficient (Wildman–Crippen LogP) is 5.60. The average molecular weight is 650 g/mol. The molecule has 1 saturated heterocycles. The van der Waals surface area contributed by atoms with Crippen molar-refractivity contribution in [2.75, 3.05) is 32.8 Å². The summed E-state index contributed by atoms with van der Waals surface area (Å²) in [6.45, 7) is 8.22. The Morgan fingerprint density at radius 1 is 1.04 bits per heavy atom. The lowest BCUT2D eigenvalue weighted by atomic mass is 9.97. The Kier molecular flexibility index (Phi) is 10.6. The fraction of sp³-hybridized carbons (Fsp3) is 0.394. The quantitative estimate of drug-likeness (QED) is 0.195. The zero-order chi connectivity index (χ0) is 32.0. The number of piperidine rings is 1. The van der Waals surface area contributed by atoms with Crippen LogP contribution in [-0.2, 0) is 24.3 Å². The van der Waals surface area contributed by atoms with Crippen molar-refractivity contribution >= 4 is 44.9 Å². The first-order chi connectivity index (χ1) is 21.7. The van der Waals surface area contributed by atoms with Crippen LogP contribution in [0.3, 0.4) is 0 Å². The van der Waals surface area contributed by atoms with Crippen molar-refractivity contribution in [3.63, 3.8) is 0 Å². The first kappa shape index (κ1) is 32.6. The number of amidine groups is 1. The van der Waals surface area contributed by atoms with E-state index in [1.807, 2.05) is 61.3 Å². The number of carbonyl (C=O) groups is 2. The van der Waals surface area contributed by atoms with E-state index in [1.54, 1.807) is 35.9 Å². The molecule has 0 unspecified atom stereocenters. The van der Waals surface area contributed by atoms with E-state index in [0.29, 0.717) is 72.5 Å². The number of aliphatic imine (C=N–C) groups is 1. The molecule has 3 aromatic rings. The number of likely N-dealkylation sites (tertiary alicyclic amines) is 1. The minimum absolute atomic E-state index is 0.138. The lowest BCUT2D eigenvalue weighted by Gasteiger charge is -2.31. The molecule has 0 atom stereocenters. The maximum absolute atomic E-state index is 13.6. The summed E-state index contributed by atoms with van der Waals surface area (Å²) in [5.74, 6) is -0.647. The van der Waals surface area contributed by atoms with Crippen LogP contribution in [0.25, 0.3) is 23.0 Å². The van der Waals surface area contributed by atoms with Crippen molar-refractivity contribution in [2.24, 2.45) is 10.9 Å². The first-order valence-electron chi connectivity index (χ1n) is 15.4. The van der Waals surface area contributed by atoms with Crippen molar-refractivity contribution in [3.05, 3.63) is 71.3 Å². The van der Waals surface area contributed by atoms with Crippen LogP contribution in [0.5, 0.6) is 0 Å². The van der Waals surface area contributed by atoms with Crippen LogP contribution in [0, 0.1) is 5.92 Å². The number of aromatic nitrogens is 2. The molecule has 0 saturated carbocycles. The Balaban J connectivity index is 1.45. The molecule has 0 radical (unpaired) electrons. The molecular formula is C33H39N5O5S2. The summed E-state index contributed by atoms with van der Waals surface area (Å²) in [5.41, 5.74) is 2.68. The molecule has 238 valence electrons. The molecule has 45 heavy (non-hydrogen) atoms. The summed E-state index contributed by atoms with van der Waals surface area (Å²) in [6, 6.07) is 16.5. The number of benzene rings is 2. The summed E-state index contributed by atoms with van der Waals surface area (Å²) >= 11 is 1.30. The molecule has 1 fully saturated rings. The summed E-state index contributed by atoms with van der Waals surface area (Å²) in [5, 5.41) is 5.48. The third-order valence-electron chi connectivity index (χ3n) is 7.74. The number of nitrogens with zero attached hydrogens (tertiary/aromatic N) is 5. The van der Waals surface area contributed by atoms with Gasteiger partial charge in [-0.15, -0.1) is 0 Å². The van der Waals surface area contributed by atoms with Gasteiger partial charge in [0.05, 0.1) is 28.0 Å². The second-order valence-electron chi connectivity index (χ2n) is 11.0. The van der Waals surface area contributed by atoms with Crippen molar-refractivity contribution < 1.29 is 22.7 Å². The van der Waals surface area contributed by atoms with Gasteiger partial charge < -0.3 is 9.64 Å². The molecule has 0 N–H and O–H groups in total. The fourth-order valence-electron chi connectivity index (χ4n) is 5.48. The summed E-state index contributed by atoms with van der Waals surface area (Å²) in [6.07, 6.45) is 6.35. The first-order valence-corrected chi connectivity index (χ1v) is 17.7. The standard InChI is InChI=1S/C33H39N5O5S2/c1-4-17-37(18-5-2)45(41,42)28-14-10-11-25(21-28)30-26(23-38(35-30)27-12-8-7-9-13-27)22-29-31(39)34-33(44-29)36-19-15-24(16-20-36)32(40)43-6-3/h7-14,21-24H,4-6,15-20H2,1-3H3. The van der Waals surface area contributed by atoms with Crippen LogP contribution in [-0.4, -0.2) is 77.2 Å². The Morgan fingerprint density at radius 2 is 1.76 bits per heavy atom. The van der Waals surface area contributed by atoms with Crippen LogP contribution in [0.2, 0.25) is 0 Å². The number of hydrogen-bond donors (Lipinski definition) is 0. The van der Waals surface area contributed by atoms with E-state index < -0.39 is 10.0 Å². The molecule has 12 heteroatoms. The van der Waals surface area contributed by atoms with Gasteiger partial charge in [0, 0.05) is 43.5 Å². The topological polar surface area (TPSA) is 114 Å². The van der Waals surface area contributed by atoms with E-state index >= 15 is 0 Å². The van der Waals surface area contributed by atoms with E-state index in [4.69, 9.17) is 9.84 Å². The molecule has 1 aromatic heterocycles. The molecule has 2 aliphatic rings. The molecule has 10 nitrogen and oxygen atoms in total. The zero-order valence-corrected chi connectivity index (χ0v) is 27.5. The minimum atomic E-state index is -3.71. The maximum atomic E-state index is 13.6. The van der Waals surface area contributed by atoms with Crippen molar-refractivity contribution in [1.82, 2.24) is 19.0 Å². The highest BCUT2D eigenvalue weighted by Crippen LogP contribution is 2.35. The smallest absolute Gasteiger partial charge is 0.309 e. The number of hydrogen-bond acceptors (Lipinski definition) is 8. The summed E-state index contributed by atoms with van der Waals surface area (Å²) in [4.78, 5) is 32.3. The number of thioether (sulfide) groups is 1. The SMILES string of the molecule is CCCN(CCC)S(=O)(=O)c1cccc(-c2nn(-c3ccccc3)cc2C=C2SC(N3CCC(C(=O)OCC)CC3)=NC2=O)c1. The summed E-state index contributed by atoms with van der Waals surface area (Å²) < 4.78 is 35.6. The number of para-hydroxylation sites is 1. The molecule has 5 rings (SSSR count). The van der Waals surface area contributed by atoms with Gasteiger partial charge in [0.2, 0.25) is 10.0 Å². The lowest BCUT2D eigenvalue weighted by Crippen LogP contribution is -2.39. The second kappa shape index (κ2) is 14.6. The van der Waals surface area contributed by atoms with E-state index in [1.165, 1.54) is 16.1 Å². The Labute approximate surface area is 269 Å². The molecular weight excluding hydrogens is 611 g/mol. The molecule has 1 amide bonds. The van der Waals surface area contributed by atoms with Crippen LogP contribution < -0.4 is 0 Å². The van der Waals surface area contributed by atoms with Crippen molar-refractivity contribution in [2.45, 2.75) is 51.3 Å². The molecule has 0 bridgehead atoms. The van der Waals surface area contributed by atoms with Gasteiger partial charge in [-0.1, -0.05) is 44.2 Å². The van der Waals surface area contributed by atoms with Crippen LogP contribution in [0.1, 0.15) is 52.0 Å². The number of esters is 1. The van der Waals surface area contributed by atoms with Gasteiger partial charge in [-0.3, -0.25) is 9.59 Å². The van der Waals surface area contributed by atoms with Gasteiger partial charge in [-0.05, 0) is 74.7 Å². The number of ether oxygens (including phenoxy) is 1. The summed E-state index contributed by atoms with van der Waals surface area (Å²) in [7, 11) is -3.71. The van der Waals surface area contributed by atoms with Gasteiger partial charge in [-0.2, -0.15) is 14.4 Å². The van der Waals surface area contributed by atoms with Crippen LogP contribution in [0.15, 0.2) is 75.6 Å². The predicted molar refractivity (Wildman–Crippen MR) is 177 cm³/mol. The Bertz CT molecular complexity index is 1690. The molecule has 0 spiro atoms. The van der Waals surface area contributed by atoms with Crippen molar-refractivity contribution in [3.8, 4) is 16.9 Å². The molecule has 2 aliphatic heterocycles. The maximum Gasteiger partial charge on any atom is 0.309 e. The van der Waals surface area contributed by atoms with Gasteiger partial charge in [0.15, 0.2) is 5.17 Å². The third-order valence-corrected chi connectivity index (χ3v) is 10.7. The van der Waals surface area contributed by atoms with E-state index in [9.17, 15) is 18.0 Å². The minimum Gasteiger partial charge on any atom is -0.466 e. The van der Waals surface area contributed by atoms with E-state index in [0.717, 1.165) is 18.5 Å². The molecule has 2 aromatic carbocycles. The van der Waals surface area contributed by atoms with Crippen LogP contribution in [0.4, 0.5) is 0 Å². The number of carbonyl (C=O) groups excluding carboxylic acids is 2.